The third kappa shape index (κ3) is 6.26. The first-order valence-electron chi connectivity index (χ1n) is 9.48. The van der Waals surface area contributed by atoms with E-state index in [9.17, 15) is 4.79 Å². The number of amides is 1. The van der Waals surface area contributed by atoms with Crippen molar-refractivity contribution in [3.05, 3.63) is 76.0 Å². The normalized spacial score (nSPS) is 10.7. The van der Waals surface area contributed by atoms with Gasteiger partial charge in [-0.1, -0.05) is 47.1 Å². The molecular formula is C22H22Cl2N4O2S. The van der Waals surface area contributed by atoms with Gasteiger partial charge in [-0.25, -0.2) is 0 Å². The molecule has 0 saturated carbocycles. The molecule has 31 heavy (non-hydrogen) atoms. The zero-order valence-corrected chi connectivity index (χ0v) is 19.5. The van der Waals surface area contributed by atoms with Crippen molar-refractivity contribution in [3.8, 4) is 5.75 Å². The van der Waals surface area contributed by atoms with E-state index in [2.05, 4.69) is 22.1 Å². The summed E-state index contributed by atoms with van der Waals surface area (Å²) in [6.45, 7) is 8.46. The van der Waals surface area contributed by atoms with E-state index in [1.165, 1.54) is 17.3 Å². The molecule has 1 aromatic heterocycles. The van der Waals surface area contributed by atoms with Gasteiger partial charge in [-0.3, -0.25) is 9.36 Å². The van der Waals surface area contributed by atoms with Crippen molar-refractivity contribution in [2.75, 3.05) is 11.1 Å². The Hall–Kier alpha value is -2.48. The van der Waals surface area contributed by atoms with Crippen molar-refractivity contribution in [1.82, 2.24) is 14.8 Å². The number of allylic oxidation sites excluding steroid dienone is 1. The summed E-state index contributed by atoms with van der Waals surface area (Å²) in [5, 5.41) is 12.9. The van der Waals surface area contributed by atoms with Gasteiger partial charge in [-0.05, 0) is 49.2 Å². The molecule has 3 aromatic rings. The molecular weight excluding hydrogens is 455 g/mol. The van der Waals surface area contributed by atoms with Crippen molar-refractivity contribution in [2.45, 2.75) is 32.2 Å². The van der Waals surface area contributed by atoms with Crippen LogP contribution in [-0.2, 0) is 17.9 Å². The zero-order chi connectivity index (χ0) is 22.4. The summed E-state index contributed by atoms with van der Waals surface area (Å²) in [5.41, 5.74) is 3.08. The van der Waals surface area contributed by atoms with Gasteiger partial charge in [0.25, 0.3) is 0 Å². The number of benzene rings is 2. The van der Waals surface area contributed by atoms with E-state index in [0.29, 0.717) is 33.3 Å². The number of carbonyl (C=O) groups excluding carboxylic acids is 1. The maximum Gasteiger partial charge on any atom is 0.234 e. The Kier molecular flexibility index (Phi) is 8.01. The average Bonchev–Trinajstić information content (AvgIpc) is 3.12. The number of anilines is 1. The summed E-state index contributed by atoms with van der Waals surface area (Å²) < 4.78 is 7.61. The minimum Gasteiger partial charge on any atom is -0.484 e. The van der Waals surface area contributed by atoms with Crippen LogP contribution >= 0.6 is 35.0 Å². The molecule has 1 amide bonds. The minimum atomic E-state index is -0.120. The van der Waals surface area contributed by atoms with Crippen molar-refractivity contribution >= 4 is 46.6 Å². The largest absolute Gasteiger partial charge is 0.484 e. The van der Waals surface area contributed by atoms with E-state index < -0.39 is 0 Å². The lowest BCUT2D eigenvalue weighted by Crippen LogP contribution is -2.15. The van der Waals surface area contributed by atoms with Crippen LogP contribution in [0.2, 0.25) is 10.0 Å². The Morgan fingerprint density at radius 3 is 2.74 bits per heavy atom. The van der Waals surface area contributed by atoms with E-state index in [-0.39, 0.29) is 18.3 Å². The smallest absolute Gasteiger partial charge is 0.234 e. The molecule has 3 rings (SSSR count). The molecule has 0 saturated heterocycles. The van der Waals surface area contributed by atoms with Crippen LogP contribution in [0, 0.1) is 13.8 Å². The monoisotopic (exact) mass is 476 g/mol. The van der Waals surface area contributed by atoms with E-state index >= 15 is 0 Å². The van der Waals surface area contributed by atoms with Crippen molar-refractivity contribution in [2.24, 2.45) is 0 Å². The molecule has 1 N–H and O–H groups in total. The number of carbonyl (C=O) groups is 1. The molecule has 0 fully saturated rings. The van der Waals surface area contributed by atoms with Crippen LogP contribution < -0.4 is 10.1 Å². The molecule has 0 atom stereocenters. The molecule has 9 heteroatoms. The Bertz CT molecular complexity index is 1100. The average molecular weight is 477 g/mol. The van der Waals surface area contributed by atoms with Crippen LogP contribution in [0.25, 0.3) is 0 Å². The maximum atomic E-state index is 12.4. The molecule has 162 valence electrons. The van der Waals surface area contributed by atoms with Crippen LogP contribution in [0.5, 0.6) is 5.75 Å². The van der Waals surface area contributed by atoms with Gasteiger partial charge in [0, 0.05) is 23.3 Å². The van der Waals surface area contributed by atoms with Crippen LogP contribution in [0.1, 0.15) is 17.0 Å². The number of ether oxygens (including phenoxy) is 1. The lowest BCUT2D eigenvalue weighted by molar-refractivity contribution is -0.113. The van der Waals surface area contributed by atoms with Gasteiger partial charge in [-0.2, -0.15) is 0 Å². The van der Waals surface area contributed by atoms with E-state index in [1.807, 2.05) is 36.6 Å². The number of hydrogen-bond acceptors (Lipinski definition) is 5. The number of aryl methyl sites for hydroxylation is 2. The number of thioether (sulfide) groups is 1. The Labute approximate surface area is 195 Å². The van der Waals surface area contributed by atoms with Gasteiger partial charge in [0.05, 0.1) is 10.8 Å². The maximum absolute atomic E-state index is 12.4. The van der Waals surface area contributed by atoms with Gasteiger partial charge in [0.15, 0.2) is 11.0 Å². The second-order valence-electron chi connectivity index (χ2n) is 6.80. The Balaban J connectivity index is 1.64. The molecule has 0 aliphatic heterocycles. The number of rotatable bonds is 9. The molecule has 1 heterocycles. The predicted molar refractivity (Wildman–Crippen MR) is 126 cm³/mol. The predicted octanol–water partition coefficient (Wildman–Crippen LogP) is 5.70. The fraction of sp³-hybridized carbons (Fsp3) is 0.227. The van der Waals surface area contributed by atoms with Crippen LogP contribution in [0.4, 0.5) is 5.69 Å². The zero-order valence-electron chi connectivity index (χ0n) is 17.2. The summed E-state index contributed by atoms with van der Waals surface area (Å²) in [5.74, 6) is 1.13. The molecule has 0 unspecified atom stereocenters. The lowest BCUT2D eigenvalue weighted by atomic mass is 10.1. The second kappa shape index (κ2) is 10.7. The number of hydrogen-bond donors (Lipinski definition) is 1. The standard InChI is InChI=1S/C22H22Cl2N4O2S/c1-4-9-28-20(12-30-19-11-16(23)6-8-18(19)24)26-27-22(28)31-13-21(29)25-17-7-5-14(2)15(3)10-17/h4-8,10-11H,1,9,12-13H2,2-3H3,(H,25,29). The van der Waals surface area contributed by atoms with Gasteiger partial charge in [-0.15, -0.1) is 16.8 Å². The highest BCUT2D eigenvalue weighted by molar-refractivity contribution is 7.99. The summed E-state index contributed by atoms with van der Waals surface area (Å²) in [7, 11) is 0. The first-order chi connectivity index (χ1) is 14.9. The molecule has 2 aromatic carbocycles. The first kappa shape index (κ1) is 23.2. The highest BCUT2D eigenvalue weighted by Gasteiger charge is 2.15. The van der Waals surface area contributed by atoms with E-state index in [0.717, 1.165) is 11.3 Å². The second-order valence-corrected chi connectivity index (χ2v) is 8.58. The SMILES string of the molecule is C=CCn1c(COc2cc(Cl)ccc2Cl)nnc1SCC(=O)Nc1ccc(C)c(C)c1. The van der Waals surface area contributed by atoms with Gasteiger partial charge in [0.1, 0.15) is 12.4 Å². The Morgan fingerprint density at radius 1 is 1.19 bits per heavy atom. The molecule has 0 aliphatic carbocycles. The lowest BCUT2D eigenvalue weighted by Gasteiger charge is -2.10. The summed E-state index contributed by atoms with van der Waals surface area (Å²) in [6.07, 6.45) is 1.73. The molecule has 0 spiro atoms. The quantitative estimate of drug-likeness (QED) is 0.316. The summed E-state index contributed by atoms with van der Waals surface area (Å²) >= 11 is 13.4. The molecule has 6 nitrogen and oxygen atoms in total. The third-order valence-corrected chi connectivity index (χ3v) is 5.99. The van der Waals surface area contributed by atoms with Gasteiger partial charge >= 0.3 is 0 Å². The molecule has 0 bridgehead atoms. The number of nitrogens with zero attached hydrogens (tertiary/aromatic N) is 3. The van der Waals surface area contributed by atoms with E-state index in [4.69, 9.17) is 27.9 Å². The number of halogens is 2. The fourth-order valence-electron chi connectivity index (χ4n) is 2.72. The molecule has 0 aliphatic rings. The summed E-state index contributed by atoms with van der Waals surface area (Å²) in [6, 6.07) is 10.8. The highest BCUT2D eigenvalue weighted by atomic mass is 35.5. The topological polar surface area (TPSA) is 69.0 Å². The van der Waals surface area contributed by atoms with Crippen molar-refractivity contribution in [1.29, 1.82) is 0 Å². The third-order valence-electron chi connectivity index (χ3n) is 4.48. The van der Waals surface area contributed by atoms with Crippen LogP contribution in [-0.4, -0.2) is 26.4 Å². The highest BCUT2D eigenvalue weighted by Crippen LogP contribution is 2.28. The van der Waals surface area contributed by atoms with Crippen LogP contribution in [0.15, 0.2) is 54.2 Å². The van der Waals surface area contributed by atoms with Crippen molar-refractivity contribution in [3.63, 3.8) is 0 Å². The van der Waals surface area contributed by atoms with Crippen LogP contribution in [0.3, 0.4) is 0 Å². The van der Waals surface area contributed by atoms with Gasteiger partial charge < -0.3 is 10.1 Å². The van der Waals surface area contributed by atoms with Gasteiger partial charge in [0.2, 0.25) is 5.91 Å². The van der Waals surface area contributed by atoms with Crippen molar-refractivity contribution < 1.29 is 9.53 Å². The Morgan fingerprint density at radius 2 is 2.00 bits per heavy atom. The minimum absolute atomic E-state index is 0.120. The number of nitrogens with one attached hydrogen (secondary N) is 1. The van der Waals surface area contributed by atoms with E-state index in [1.54, 1.807) is 24.3 Å². The summed E-state index contributed by atoms with van der Waals surface area (Å²) in [4.78, 5) is 12.4. The molecule has 0 radical (unpaired) electrons. The number of aromatic nitrogens is 3. The fourth-order valence-corrected chi connectivity index (χ4v) is 3.82. The first-order valence-corrected chi connectivity index (χ1v) is 11.2.